The van der Waals surface area contributed by atoms with E-state index in [2.05, 4.69) is 19.2 Å². The topological polar surface area (TPSA) is 45.5 Å². The number of rotatable bonds is 7. The quantitative estimate of drug-likeness (QED) is 0.823. The average molecular weight is 264 g/mol. The van der Waals surface area contributed by atoms with Crippen molar-refractivity contribution in [2.24, 2.45) is 5.92 Å². The van der Waals surface area contributed by atoms with Gasteiger partial charge in [-0.1, -0.05) is 20.3 Å². The van der Waals surface area contributed by atoms with Crippen LogP contribution in [0.25, 0.3) is 0 Å². The van der Waals surface area contributed by atoms with E-state index in [9.17, 15) is 4.79 Å². The van der Waals surface area contributed by atoms with E-state index in [0.717, 1.165) is 44.0 Å². The summed E-state index contributed by atoms with van der Waals surface area (Å²) in [5.74, 6) is 2.63. The maximum absolute atomic E-state index is 11.9. The minimum atomic E-state index is 0.267. The number of furan rings is 1. The number of nitrogens with zero attached hydrogens (tertiary/aromatic N) is 1. The molecule has 1 atom stereocenters. The molecule has 19 heavy (non-hydrogen) atoms. The number of carbonyl (C=O) groups excluding carboxylic acids is 1. The van der Waals surface area contributed by atoms with Crippen molar-refractivity contribution >= 4 is 5.91 Å². The molecule has 1 aromatic heterocycles. The molecule has 0 saturated carbocycles. The summed E-state index contributed by atoms with van der Waals surface area (Å²) >= 11 is 0. The zero-order valence-electron chi connectivity index (χ0n) is 11.9. The maximum atomic E-state index is 11.9. The molecular weight excluding hydrogens is 240 g/mol. The summed E-state index contributed by atoms with van der Waals surface area (Å²) in [6.45, 7) is 7.43. The predicted octanol–water partition coefficient (Wildman–Crippen LogP) is 2.54. The Balaban J connectivity index is 1.87. The second kappa shape index (κ2) is 6.75. The van der Waals surface area contributed by atoms with Crippen molar-refractivity contribution in [1.29, 1.82) is 0 Å². The van der Waals surface area contributed by atoms with Crippen LogP contribution in [0.15, 0.2) is 16.5 Å². The number of hydrogen-bond acceptors (Lipinski definition) is 3. The van der Waals surface area contributed by atoms with E-state index < -0.39 is 0 Å². The molecule has 0 radical (unpaired) electrons. The predicted molar refractivity (Wildman–Crippen MR) is 74.5 cm³/mol. The van der Waals surface area contributed by atoms with E-state index in [1.54, 1.807) is 0 Å². The highest BCUT2D eigenvalue weighted by Crippen LogP contribution is 2.24. The molecule has 1 aromatic rings. The van der Waals surface area contributed by atoms with Crippen LogP contribution in [0.1, 0.15) is 44.6 Å². The van der Waals surface area contributed by atoms with Crippen LogP contribution in [0, 0.1) is 5.92 Å². The van der Waals surface area contributed by atoms with Gasteiger partial charge in [-0.05, 0) is 31.0 Å². The van der Waals surface area contributed by atoms with E-state index in [1.807, 2.05) is 17.0 Å². The summed E-state index contributed by atoms with van der Waals surface area (Å²) in [6, 6.07) is 3.97. The van der Waals surface area contributed by atoms with Crippen molar-refractivity contribution in [3.05, 3.63) is 23.7 Å². The third kappa shape index (κ3) is 3.83. The molecule has 1 amide bonds. The van der Waals surface area contributed by atoms with Crippen LogP contribution in [0.4, 0.5) is 0 Å². The molecule has 2 heterocycles. The number of amides is 1. The number of carbonyl (C=O) groups is 1. The van der Waals surface area contributed by atoms with Crippen molar-refractivity contribution in [3.8, 4) is 0 Å². The second-order valence-electron chi connectivity index (χ2n) is 5.28. The minimum absolute atomic E-state index is 0.267. The lowest BCUT2D eigenvalue weighted by Crippen LogP contribution is -2.24. The van der Waals surface area contributed by atoms with Gasteiger partial charge in [-0.15, -0.1) is 0 Å². The van der Waals surface area contributed by atoms with Crippen LogP contribution < -0.4 is 5.32 Å². The molecule has 1 N–H and O–H groups in total. The molecule has 4 nitrogen and oxygen atoms in total. The summed E-state index contributed by atoms with van der Waals surface area (Å²) in [4.78, 5) is 13.8. The lowest BCUT2D eigenvalue weighted by atomic mass is 10.0. The summed E-state index contributed by atoms with van der Waals surface area (Å²) in [5, 5.41) is 3.23. The highest BCUT2D eigenvalue weighted by molar-refractivity contribution is 5.78. The zero-order chi connectivity index (χ0) is 13.7. The first kappa shape index (κ1) is 14.1. The monoisotopic (exact) mass is 264 g/mol. The summed E-state index contributed by atoms with van der Waals surface area (Å²) in [7, 11) is 0. The van der Waals surface area contributed by atoms with Crippen molar-refractivity contribution in [1.82, 2.24) is 10.2 Å². The normalized spacial score (nSPS) is 19.4. The maximum Gasteiger partial charge on any atom is 0.223 e. The van der Waals surface area contributed by atoms with Gasteiger partial charge in [0.25, 0.3) is 0 Å². The Morgan fingerprint density at radius 3 is 2.89 bits per heavy atom. The van der Waals surface area contributed by atoms with Gasteiger partial charge in [-0.25, -0.2) is 0 Å². The van der Waals surface area contributed by atoms with Crippen molar-refractivity contribution in [2.75, 3.05) is 13.1 Å². The van der Waals surface area contributed by atoms with Crippen molar-refractivity contribution in [3.63, 3.8) is 0 Å². The van der Waals surface area contributed by atoms with Crippen molar-refractivity contribution < 1.29 is 9.21 Å². The van der Waals surface area contributed by atoms with Crippen LogP contribution in [-0.2, 0) is 17.9 Å². The highest BCUT2D eigenvalue weighted by Gasteiger charge is 2.29. The Morgan fingerprint density at radius 2 is 2.16 bits per heavy atom. The molecule has 1 unspecified atom stereocenters. The minimum Gasteiger partial charge on any atom is -0.463 e. The third-order valence-corrected chi connectivity index (χ3v) is 3.60. The van der Waals surface area contributed by atoms with Gasteiger partial charge >= 0.3 is 0 Å². The fraction of sp³-hybridized carbons (Fsp3) is 0.667. The summed E-state index contributed by atoms with van der Waals surface area (Å²) in [6.07, 6.45) is 3.00. The van der Waals surface area contributed by atoms with Crippen molar-refractivity contribution in [2.45, 2.75) is 46.2 Å². The Labute approximate surface area is 115 Å². The molecule has 106 valence electrons. The molecule has 1 aliphatic heterocycles. The fourth-order valence-electron chi connectivity index (χ4n) is 2.65. The molecule has 1 fully saturated rings. The van der Waals surface area contributed by atoms with Gasteiger partial charge in [0.1, 0.15) is 11.5 Å². The Morgan fingerprint density at radius 1 is 1.37 bits per heavy atom. The molecule has 4 heteroatoms. The van der Waals surface area contributed by atoms with E-state index in [4.69, 9.17) is 4.42 Å². The van der Waals surface area contributed by atoms with Crippen LogP contribution in [0.3, 0.4) is 0 Å². The number of hydrogen-bond donors (Lipinski definition) is 1. The fourth-order valence-corrected chi connectivity index (χ4v) is 2.65. The lowest BCUT2D eigenvalue weighted by molar-refractivity contribution is -0.128. The summed E-state index contributed by atoms with van der Waals surface area (Å²) < 4.78 is 5.73. The molecule has 0 bridgehead atoms. The second-order valence-corrected chi connectivity index (χ2v) is 5.28. The van der Waals surface area contributed by atoms with Gasteiger partial charge in [-0.2, -0.15) is 0 Å². The Hall–Kier alpha value is -1.29. The smallest absolute Gasteiger partial charge is 0.223 e. The largest absolute Gasteiger partial charge is 0.463 e. The van der Waals surface area contributed by atoms with Gasteiger partial charge in [0.05, 0.1) is 13.1 Å². The first-order valence-electron chi connectivity index (χ1n) is 7.29. The Kier molecular flexibility index (Phi) is 5.02. The van der Waals surface area contributed by atoms with Gasteiger partial charge in [0, 0.05) is 13.0 Å². The SMILES string of the molecule is CCCC1CC(=O)N(Cc2ccc(CNCC)o2)C1. The summed E-state index contributed by atoms with van der Waals surface area (Å²) in [5.41, 5.74) is 0. The number of nitrogens with one attached hydrogen (secondary N) is 1. The molecule has 0 aliphatic carbocycles. The van der Waals surface area contributed by atoms with Gasteiger partial charge in [-0.3, -0.25) is 4.79 Å². The first-order valence-corrected chi connectivity index (χ1v) is 7.29. The van der Waals surface area contributed by atoms with Gasteiger partial charge < -0.3 is 14.6 Å². The van der Waals surface area contributed by atoms with E-state index >= 15 is 0 Å². The van der Waals surface area contributed by atoms with Crippen LogP contribution >= 0.6 is 0 Å². The standard InChI is InChI=1S/C15H24N2O2/c1-3-5-12-8-15(18)17(10-12)11-14-7-6-13(19-14)9-16-4-2/h6-7,12,16H,3-5,8-11H2,1-2H3. The molecule has 1 saturated heterocycles. The van der Waals surface area contributed by atoms with Gasteiger partial charge in [0.15, 0.2) is 0 Å². The third-order valence-electron chi connectivity index (χ3n) is 3.60. The molecular formula is C15H24N2O2. The Bertz CT molecular complexity index is 414. The average Bonchev–Trinajstić information content (AvgIpc) is 2.96. The van der Waals surface area contributed by atoms with Crippen LogP contribution in [-0.4, -0.2) is 23.9 Å². The van der Waals surface area contributed by atoms with E-state index in [1.165, 1.54) is 0 Å². The molecule has 2 rings (SSSR count). The van der Waals surface area contributed by atoms with E-state index in [-0.39, 0.29) is 5.91 Å². The van der Waals surface area contributed by atoms with Gasteiger partial charge in [0.2, 0.25) is 5.91 Å². The highest BCUT2D eigenvalue weighted by atomic mass is 16.3. The lowest BCUT2D eigenvalue weighted by Gasteiger charge is -2.14. The molecule has 1 aliphatic rings. The number of likely N-dealkylation sites (tertiary alicyclic amines) is 1. The van der Waals surface area contributed by atoms with E-state index in [0.29, 0.717) is 18.9 Å². The molecule has 0 spiro atoms. The van der Waals surface area contributed by atoms with Crippen LogP contribution in [0.2, 0.25) is 0 Å². The zero-order valence-corrected chi connectivity index (χ0v) is 11.9. The first-order chi connectivity index (χ1) is 9.22. The molecule has 0 aromatic carbocycles. The van der Waals surface area contributed by atoms with Crippen LogP contribution in [0.5, 0.6) is 0 Å².